The van der Waals surface area contributed by atoms with Crippen molar-refractivity contribution in [1.82, 2.24) is 4.90 Å². The fraction of sp³-hybridized carbons (Fsp3) is 0.381. The van der Waals surface area contributed by atoms with E-state index in [0.29, 0.717) is 23.8 Å². The van der Waals surface area contributed by atoms with Gasteiger partial charge < -0.3 is 10.2 Å². The minimum absolute atomic E-state index is 0.0287. The normalized spacial score (nSPS) is 14.4. The van der Waals surface area contributed by atoms with Gasteiger partial charge in [0, 0.05) is 30.3 Å². The van der Waals surface area contributed by atoms with E-state index in [1.165, 1.54) is 6.07 Å². The Bertz CT molecular complexity index is 819. The van der Waals surface area contributed by atoms with Gasteiger partial charge in [0.25, 0.3) is 11.6 Å². The van der Waals surface area contributed by atoms with E-state index in [1.807, 2.05) is 44.2 Å². The number of anilines is 1. The van der Waals surface area contributed by atoms with Crippen molar-refractivity contribution in [3.05, 3.63) is 69.8 Å². The maximum atomic E-state index is 13.2. The first-order valence-corrected chi connectivity index (χ1v) is 9.39. The number of nitro benzene ring substituents is 1. The molecule has 0 heterocycles. The maximum Gasteiger partial charge on any atom is 0.293 e. The predicted molar refractivity (Wildman–Crippen MR) is 106 cm³/mol. The van der Waals surface area contributed by atoms with Crippen LogP contribution in [0.5, 0.6) is 0 Å². The van der Waals surface area contributed by atoms with E-state index in [0.717, 1.165) is 24.8 Å². The van der Waals surface area contributed by atoms with E-state index in [2.05, 4.69) is 5.32 Å². The summed E-state index contributed by atoms with van der Waals surface area (Å²) in [7, 11) is 0. The third-order valence-electron chi connectivity index (χ3n) is 4.96. The van der Waals surface area contributed by atoms with Crippen LogP contribution in [0.1, 0.15) is 49.0 Å². The monoisotopic (exact) mass is 367 g/mol. The molecular weight excluding hydrogens is 342 g/mol. The fourth-order valence-electron chi connectivity index (χ4n) is 2.98. The Balaban J connectivity index is 1.88. The van der Waals surface area contributed by atoms with Gasteiger partial charge in [0.05, 0.1) is 4.92 Å². The zero-order valence-electron chi connectivity index (χ0n) is 15.7. The number of rotatable bonds is 8. The van der Waals surface area contributed by atoms with Crippen LogP contribution >= 0.6 is 0 Å². The van der Waals surface area contributed by atoms with E-state index >= 15 is 0 Å². The zero-order valence-corrected chi connectivity index (χ0v) is 15.7. The molecule has 1 atom stereocenters. The summed E-state index contributed by atoms with van der Waals surface area (Å²) in [6, 6.07) is 14.8. The highest BCUT2D eigenvalue weighted by Crippen LogP contribution is 2.32. The molecule has 1 aliphatic carbocycles. The Morgan fingerprint density at radius 2 is 1.96 bits per heavy atom. The van der Waals surface area contributed by atoms with E-state index < -0.39 is 4.92 Å². The van der Waals surface area contributed by atoms with Gasteiger partial charge >= 0.3 is 0 Å². The van der Waals surface area contributed by atoms with Crippen LogP contribution in [0.25, 0.3) is 0 Å². The summed E-state index contributed by atoms with van der Waals surface area (Å²) in [5, 5.41) is 14.7. The minimum Gasteiger partial charge on any atom is -0.377 e. The van der Waals surface area contributed by atoms with Crippen molar-refractivity contribution in [3.63, 3.8) is 0 Å². The number of nitrogens with one attached hydrogen (secondary N) is 1. The molecule has 2 aromatic carbocycles. The summed E-state index contributed by atoms with van der Waals surface area (Å²) >= 11 is 0. The number of carbonyl (C=O) groups excluding carboxylic acids is 1. The lowest BCUT2D eigenvalue weighted by Crippen LogP contribution is -2.37. The number of hydrogen-bond donors (Lipinski definition) is 1. The van der Waals surface area contributed by atoms with E-state index in [9.17, 15) is 14.9 Å². The van der Waals surface area contributed by atoms with Crippen molar-refractivity contribution >= 4 is 17.3 Å². The molecule has 1 saturated carbocycles. The first-order chi connectivity index (χ1) is 13.0. The van der Waals surface area contributed by atoms with Crippen molar-refractivity contribution in [1.29, 1.82) is 0 Å². The lowest BCUT2D eigenvalue weighted by Gasteiger charge is -2.29. The van der Waals surface area contributed by atoms with Crippen molar-refractivity contribution in [3.8, 4) is 0 Å². The molecule has 27 heavy (non-hydrogen) atoms. The van der Waals surface area contributed by atoms with E-state index in [4.69, 9.17) is 0 Å². The third kappa shape index (κ3) is 4.64. The van der Waals surface area contributed by atoms with Gasteiger partial charge in [-0.15, -0.1) is 0 Å². The molecule has 2 aromatic rings. The quantitative estimate of drug-likeness (QED) is 0.546. The van der Waals surface area contributed by atoms with Gasteiger partial charge in [0.1, 0.15) is 5.69 Å². The van der Waals surface area contributed by atoms with Gasteiger partial charge in [0.15, 0.2) is 0 Å². The molecule has 0 aliphatic heterocycles. The Kier molecular flexibility index (Phi) is 5.74. The van der Waals surface area contributed by atoms with E-state index in [1.54, 1.807) is 17.0 Å². The summed E-state index contributed by atoms with van der Waals surface area (Å²) in [4.78, 5) is 26.0. The molecule has 1 unspecified atom stereocenters. The average molecular weight is 367 g/mol. The highest BCUT2D eigenvalue weighted by molar-refractivity contribution is 5.96. The second kappa shape index (κ2) is 8.20. The molecule has 6 nitrogen and oxygen atoms in total. The summed E-state index contributed by atoms with van der Waals surface area (Å²) < 4.78 is 0. The first kappa shape index (κ1) is 18.9. The van der Waals surface area contributed by atoms with Crippen LogP contribution in [-0.2, 0) is 6.54 Å². The molecule has 0 aromatic heterocycles. The van der Waals surface area contributed by atoms with Crippen molar-refractivity contribution < 1.29 is 9.72 Å². The van der Waals surface area contributed by atoms with Gasteiger partial charge in [-0.1, -0.05) is 37.3 Å². The molecule has 6 heteroatoms. The molecule has 1 N–H and O–H groups in total. The molecule has 3 rings (SSSR count). The summed E-state index contributed by atoms with van der Waals surface area (Å²) in [5.74, 6) is -0.186. The second-order valence-corrected chi connectivity index (χ2v) is 7.08. The van der Waals surface area contributed by atoms with Gasteiger partial charge in [0.2, 0.25) is 0 Å². The summed E-state index contributed by atoms with van der Waals surface area (Å²) in [6.45, 7) is 4.50. The average Bonchev–Trinajstić information content (AvgIpc) is 3.50. The highest BCUT2D eigenvalue weighted by Gasteiger charge is 2.27. The molecular formula is C21H25N3O3. The Morgan fingerprint density at radius 3 is 2.56 bits per heavy atom. The third-order valence-corrected chi connectivity index (χ3v) is 4.96. The van der Waals surface area contributed by atoms with Gasteiger partial charge in [-0.3, -0.25) is 14.9 Å². The van der Waals surface area contributed by atoms with Gasteiger partial charge in [-0.2, -0.15) is 0 Å². The molecule has 142 valence electrons. The van der Waals surface area contributed by atoms with Crippen LogP contribution in [0.2, 0.25) is 0 Å². The van der Waals surface area contributed by atoms with Crippen LogP contribution in [0.4, 0.5) is 11.4 Å². The first-order valence-electron chi connectivity index (χ1n) is 9.39. The van der Waals surface area contributed by atoms with Crippen LogP contribution in [0.15, 0.2) is 48.5 Å². The lowest BCUT2D eigenvalue weighted by atomic mass is 10.1. The highest BCUT2D eigenvalue weighted by atomic mass is 16.6. The molecule has 0 spiro atoms. The molecule has 1 fully saturated rings. The van der Waals surface area contributed by atoms with Crippen LogP contribution in [0.3, 0.4) is 0 Å². The second-order valence-electron chi connectivity index (χ2n) is 7.08. The molecule has 0 bridgehead atoms. The molecule has 1 amide bonds. The number of nitrogens with zero attached hydrogens (tertiary/aromatic N) is 2. The molecule has 1 aliphatic rings. The molecule has 0 radical (unpaired) electrons. The number of nitro groups is 1. The lowest BCUT2D eigenvalue weighted by molar-refractivity contribution is -0.384. The van der Waals surface area contributed by atoms with Crippen molar-refractivity contribution in [2.24, 2.45) is 0 Å². The number of benzene rings is 2. The van der Waals surface area contributed by atoms with Gasteiger partial charge in [-0.25, -0.2) is 0 Å². The van der Waals surface area contributed by atoms with Crippen molar-refractivity contribution in [2.75, 3.05) is 5.32 Å². The largest absolute Gasteiger partial charge is 0.377 e. The Hall–Kier alpha value is -2.89. The molecule has 0 saturated heterocycles. The number of carbonyl (C=O) groups is 1. The Labute approximate surface area is 159 Å². The van der Waals surface area contributed by atoms with Crippen LogP contribution in [0, 0.1) is 10.1 Å². The smallest absolute Gasteiger partial charge is 0.293 e. The topological polar surface area (TPSA) is 75.5 Å². The summed E-state index contributed by atoms with van der Waals surface area (Å²) in [6.07, 6.45) is 2.86. The van der Waals surface area contributed by atoms with Gasteiger partial charge in [-0.05, 0) is 43.9 Å². The van der Waals surface area contributed by atoms with Crippen LogP contribution in [-0.4, -0.2) is 27.8 Å². The van der Waals surface area contributed by atoms with Crippen LogP contribution < -0.4 is 5.32 Å². The predicted octanol–water partition coefficient (Wildman–Crippen LogP) is 4.61. The zero-order chi connectivity index (χ0) is 19.4. The fourth-order valence-corrected chi connectivity index (χ4v) is 2.98. The Morgan fingerprint density at radius 1 is 1.26 bits per heavy atom. The minimum atomic E-state index is -0.424. The van der Waals surface area contributed by atoms with Crippen molar-refractivity contribution in [2.45, 2.75) is 51.7 Å². The standard InChI is InChI=1S/C21H25N3O3/c1-3-15(2)23(14-16-7-5-4-6-8-16)21(25)17-9-12-19(22-18-10-11-18)20(13-17)24(26)27/h4-9,12-13,15,18,22H,3,10-11,14H2,1-2H3. The number of hydrogen-bond acceptors (Lipinski definition) is 4. The SMILES string of the molecule is CCC(C)N(Cc1ccccc1)C(=O)c1ccc(NC2CC2)c([N+](=O)[O-])c1. The van der Waals surface area contributed by atoms with E-state index in [-0.39, 0.29) is 17.6 Å². The number of amides is 1. The summed E-state index contributed by atoms with van der Waals surface area (Å²) in [5.41, 5.74) is 1.82. The maximum absolute atomic E-state index is 13.2.